The maximum Gasteiger partial charge on any atom is 0.159 e. The third kappa shape index (κ3) is 4.32. The van der Waals surface area contributed by atoms with Crippen LogP contribution in [0, 0.1) is 11.8 Å². The molecule has 0 aromatic heterocycles. The van der Waals surface area contributed by atoms with Crippen molar-refractivity contribution < 1.29 is 4.79 Å². The van der Waals surface area contributed by atoms with E-state index in [0.29, 0.717) is 5.56 Å². The summed E-state index contributed by atoms with van der Waals surface area (Å²) >= 11 is 0. The van der Waals surface area contributed by atoms with E-state index in [-0.39, 0.29) is 5.78 Å². The fraction of sp³-hybridized carbons (Fsp3) is 0.400. The van der Waals surface area contributed by atoms with Crippen molar-refractivity contribution in [2.45, 2.75) is 27.7 Å². The topological polar surface area (TPSA) is 20.3 Å². The molecule has 0 heterocycles. The summed E-state index contributed by atoms with van der Waals surface area (Å²) in [5, 5.41) is 0. The maximum atomic E-state index is 11.2. The van der Waals surface area contributed by atoms with E-state index in [0.717, 1.165) is 11.3 Å². The van der Waals surface area contributed by atoms with E-state index in [1.807, 2.05) is 51.0 Å². The summed E-state index contributed by atoms with van der Waals surface area (Å²) in [7, 11) is 3.92. The monoisotopic (exact) mass is 231 g/mol. The van der Waals surface area contributed by atoms with Gasteiger partial charge in [-0.05, 0) is 32.0 Å². The smallest absolute Gasteiger partial charge is 0.159 e. The second-order valence-electron chi connectivity index (χ2n) is 3.56. The minimum atomic E-state index is 0.0689. The number of carbonyl (C=O) groups is 1. The highest BCUT2D eigenvalue weighted by molar-refractivity contribution is 5.95. The Morgan fingerprint density at radius 1 is 1.24 bits per heavy atom. The molecule has 1 aromatic carbocycles. The standard InChI is InChI=1S/C13H15NO.C2H6/c1-5-6-12-9-11(10(2)15)7-8-13(12)14(3)4;1-2/h7-9H,1-4H3;1-2H3. The lowest BCUT2D eigenvalue weighted by Crippen LogP contribution is -2.11. The lowest BCUT2D eigenvalue weighted by atomic mass is 10.1. The molecule has 0 atom stereocenters. The summed E-state index contributed by atoms with van der Waals surface area (Å²) in [6.45, 7) is 7.35. The average Bonchev–Trinajstić information content (AvgIpc) is 2.31. The molecule has 0 fully saturated rings. The highest BCUT2D eigenvalue weighted by Crippen LogP contribution is 2.19. The van der Waals surface area contributed by atoms with Crippen LogP contribution in [0.3, 0.4) is 0 Å². The molecular weight excluding hydrogens is 210 g/mol. The van der Waals surface area contributed by atoms with Gasteiger partial charge in [0.05, 0.1) is 5.69 Å². The van der Waals surface area contributed by atoms with Crippen LogP contribution < -0.4 is 4.90 Å². The fourth-order valence-corrected chi connectivity index (χ4v) is 1.38. The lowest BCUT2D eigenvalue weighted by Gasteiger charge is -2.15. The van der Waals surface area contributed by atoms with Gasteiger partial charge < -0.3 is 4.90 Å². The van der Waals surface area contributed by atoms with Crippen molar-refractivity contribution in [2.24, 2.45) is 0 Å². The number of carbonyl (C=O) groups excluding carboxylic acids is 1. The van der Waals surface area contributed by atoms with Crippen LogP contribution in [0.15, 0.2) is 18.2 Å². The van der Waals surface area contributed by atoms with Gasteiger partial charge >= 0.3 is 0 Å². The van der Waals surface area contributed by atoms with Crippen LogP contribution in [0.1, 0.15) is 43.6 Å². The highest BCUT2D eigenvalue weighted by atomic mass is 16.1. The molecule has 0 saturated heterocycles. The number of rotatable bonds is 2. The van der Waals surface area contributed by atoms with Crippen molar-refractivity contribution in [1.29, 1.82) is 0 Å². The molecule has 0 aliphatic heterocycles. The minimum Gasteiger partial charge on any atom is -0.377 e. The molecule has 2 heteroatoms. The lowest BCUT2D eigenvalue weighted by molar-refractivity contribution is 0.101. The predicted octanol–water partition coefficient (Wildman–Crippen LogP) is 3.35. The minimum absolute atomic E-state index is 0.0689. The first-order valence-corrected chi connectivity index (χ1v) is 5.81. The quantitative estimate of drug-likeness (QED) is 0.574. The molecule has 0 radical (unpaired) electrons. The third-order valence-electron chi connectivity index (χ3n) is 2.14. The first-order valence-electron chi connectivity index (χ1n) is 5.81. The SMILES string of the molecule is CC.CC#Cc1cc(C(C)=O)ccc1N(C)C. The summed E-state index contributed by atoms with van der Waals surface area (Å²) in [5.74, 6) is 5.94. The van der Waals surface area contributed by atoms with Gasteiger partial charge in [-0.15, -0.1) is 5.92 Å². The van der Waals surface area contributed by atoms with Crippen molar-refractivity contribution in [2.75, 3.05) is 19.0 Å². The molecule has 0 unspecified atom stereocenters. The van der Waals surface area contributed by atoms with E-state index in [4.69, 9.17) is 0 Å². The van der Waals surface area contributed by atoms with Crippen LogP contribution in [-0.2, 0) is 0 Å². The van der Waals surface area contributed by atoms with Gasteiger partial charge in [-0.3, -0.25) is 4.79 Å². The van der Waals surface area contributed by atoms with E-state index in [9.17, 15) is 4.79 Å². The summed E-state index contributed by atoms with van der Waals surface area (Å²) in [6, 6.07) is 5.60. The molecule has 0 aliphatic rings. The Balaban J connectivity index is 0.00000121. The average molecular weight is 231 g/mol. The molecule has 0 saturated carbocycles. The Kier molecular flexibility index (Phi) is 6.74. The van der Waals surface area contributed by atoms with E-state index >= 15 is 0 Å². The molecule has 1 rings (SSSR count). The second-order valence-corrected chi connectivity index (χ2v) is 3.56. The number of nitrogens with zero attached hydrogens (tertiary/aromatic N) is 1. The first kappa shape index (κ1) is 15.2. The van der Waals surface area contributed by atoms with Crippen molar-refractivity contribution in [3.05, 3.63) is 29.3 Å². The second kappa shape index (κ2) is 7.51. The van der Waals surface area contributed by atoms with Gasteiger partial charge in [0.1, 0.15) is 0 Å². The van der Waals surface area contributed by atoms with Crippen LogP contribution in [0.25, 0.3) is 0 Å². The molecule has 0 aliphatic carbocycles. The molecule has 2 nitrogen and oxygen atoms in total. The third-order valence-corrected chi connectivity index (χ3v) is 2.14. The Morgan fingerprint density at radius 2 is 1.82 bits per heavy atom. The van der Waals surface area contributed by atoms with Gasteiger partial charge in [0.25, 0.3) is 0 Å². The van der Waals surface area contributed by atoms with Gasteiger partial charge in [0.15, 0.2) is 5.78 Å². The number of ketones is 1. The summed E-state index contributed by atoms with van der Waals surface area (Å²) in [6.07, 6.45) is 0. The molecule has 92 valence electrons. The van der Waals surface area contributed by atoms with Gasteiger partial charge in [0.2, 0.25) is 0 Å². The molecule has 0 amide bonds. The van der Waals surface area contributed by atoms with Crippen LogP contribution >= 0.6 is 0 Å². The molecule has 0 spiro atoms. The first-order chi connectivity index (χ1) is 8.06. The Bertz CT molecular complexity index is 436. The van der Waals surface area contributed by atoms with Crippen molar-refractivity contribution in [3.8, 4) is 11.8 Å². The zero-order valence-electron chi connectivity index (χ0n) is 11.6. The summed E-state index contributed by atoms with van der Waals surface area (Å²) in [5.41, 5.74) is 2.64. The van der Waals surface area contributed by atoms with E-state index < -0.39 is 0 Å². The van der Waals surface area contributed by atoms with Crippen LogP contribution in [0.5, 0.6) is 0 Å². The summed E-state index contributed by atoms with van der Waals surface area (Å²) in [4.78, 5) is 13.2. The Labute approximate surface area is 105 Å². The van der Waals surface area contributed by atoms with Crippen LogP contribution in [-0.4, -0.2) is 19.9 Å². The number of anilines is 1. The number of hydrogen-bond donors (Lipinski definition) is 0. The number of Topliss-reactive ketones (excluding diaryl/α,β-unsaturated/α-hetero) is 1. The number of benzene rings is 1. The normalized spacial score (nSPS) is 8.35. The highest BCUT2D eigenvalue weighted by Gasteiger charge is 2.06. The van der Waals surface area contributed by atoms with Crippen molar-refractivity contribution in [3.63, 3.8) is 0 Å². The van der Waals surface area contributed by atoms with Gasteiger partial charge in [-0.1, -0.05) is 19.8 Å². The Morgan fingerprint density at radius 3 is 2.24 bits per heavy atom. The molecule has 17 heavy (non-hydrogen) atoms. The van der Waals surface area contributed by atoms with E-state index in [2.05, 4.69) is 11.8 Å². The molecule has 1 aromatic rings. The fourth-order valence-electron chi connectivity index (χ4n) is 1.38. The zero-order chi connectivity index (χ0) is 13.4. The van der Waals surface area contributed by atoms with E-state index in [1.165, 1.54) is 0 Å². The molecular formula is C15H21NO. The molecule has 0 N–H and O–H groups in total. The molecule has 0 bridgehead atoms. The predicted molar refractivity (Wildman–Crippen MR) is 74.7 cm³/mol. The van der Waals surface area contributed by atoms with Crippen LogP contribution in [0.2, 0.25) is 0 Å². The van der Waals surface area contributed by atoms with E-state index in [1.54, 1.807) is 13.8 Å². The Hall–Kier alpha value is -1.75. The number of hydrogen-bond acceptors (Lipinski definition) is 2. The van der Waals surface area contributed by atoms with Gasteiger partial charge in [-0.25, -0.2) is 0 Å². The van der Waals surface area contributed by atoms with Crippen molar-refractivity contribution >= 4 is 11.5 Å². The van der Waals surface area contributed by atoms with Gasteiger partial charge in [-0.2, -0.15) is 0 Å². The van der Waals surface area contributed by atoms with Crippen molar-refractivity contribution in [1.82, 2.24) is 0 Å². The summed E-state index contributed by atoms with van der Waals surface area (Å²) < 4.78 is 0. The van der Waals surface area contributed by atoms with Gasteiger partial charge in [0, 0.05) is 25.2 Å². The van der Waals surface area contributed by atoms with Crippen LogP contribution in [0.4, 0.5) is 5.69 Å². The zero-order valence-corrected chi connectivity index (χ0v) is 11.6. The largest absolute Gasteiger partial charge is 0.377 e. The maximum absolute atomic E-state index is 11.2.